The van der Waals surface area contributed by atoms with Gasteiger partial charge in [-0.1, -0.05) is 13.0 Å². The van der Waals surface area contributed by atoms with Gasteiger partial charge in [-0.05, 0) is 78.4 Å². The highest BCUT2D eigenvalue weighted by Crippen LogP contribution is 2.15. The first-order chi connectivity index (χ1) is 11.3. The number of benzene rings is 2. The molecule has 0 heterocycles. The van der Waals surface area contributed by atoms with Crippen LogP contribution in [0.3, 0.4) is 0 Å². The van der Waals surface area contributed by atoms with E-state index >= 15 is 0 Å². The molecule has 2 rings (SSSR count). The van der Waals surface area contributed by atoms with Crippen molar-refractivity contribution < 1.29 is 13.2 Å². The molecule has 0 aliphatic heterocycles. The fraction of sp³-hybridized carbons (Fsp3) is 0.235. The minimum absolute atomic E-state index is 0.140. The number of hydrogen-bond donors (Lipinski definition) is 2. The Bertz CT molecular complexity index is 820. The normalized spacial score (nSPS) is 12.6. The Labute approximate surface area is 156 Å². The average Bonchev–Trinajstić information content (AvgIpc) is 2.54. The van der Waals surface area contributed by atoms with Gasteiger partial charge in [0.2, 0.25) is 10.0 Å². The number of carbonyl (C=O) groups is 1. The molecule has 0 fully saturated rings. The topological polar surface area (TPSA) is 75.3 Å². The summed E-state index contributed by atoms with van der Waals surface area (Å²) in [6.07, 6.45) is 0.704. The van der Waals surface area contributed by atoms with Gasteiger partial charge in [0.15, 0.2) is 0 Å². The molecule has 0 spiro atoms. The molecule has 0 radical (unpaired) electrons. The van der Waals surface area contributed by atoms with E-state index in [4.69, 9.17) is 0 Å². The van der Waals surface area contributed by atoms with Crippen molar-refractivity contribution in [3.05, 3.63) is 57.7 Å². The number of nitrogens with one attached hydrogen (secondary N) is 2. The van der Waals surface area contributed by atoms with Crippen molar-refractivity contribution in [2.75, 3.05) is 5.32 Å². The summed E-state index contributed by atoms with van der Waals surface area (Å²) >= 11 is 2.17. The predicted molar refractivity (Wildman–Crippen MR) is 104 cm³/mol. The summed E-state index contributed by atoms with van der Waals surface area (Å²) in [6.45, 7) is 3.71. The van der Waals surface area contributed by atoms with Crippen molar-refractivity contribution in [1.82, 2.24) is 4.72 Å². The first-order valence-corrected chi connectivity index (χ1v) is 10.1. The molecule has 0 aliphatic rings. The zero-order valence-corrected chi connectivity index (χ0v) is 16.4. The van der Waals surface area contributed by atoms with Crippen molar-refractivity contribution >= 4 is 44.2 Å². The van der Waals surface area contributed by atoms with E-state index in [1.54, 1.807) is 13.0 Å². The summed E-state index contributed by atoms with van der Waals surface area (Å²) in [7, 11) is -3.56. The van der Waals surface area contributed by atoms with Gasteiger partial charge in [0.05, 0.1) is 4.90 Å². The molecule has 7 heteroatoms. The number of carbonyl (C=O) groups excluding carboxylic acids is 1. The van der Waals surface area contributed by atoms with Gasteiger partial charge in [0, 0.05) is 20.9 Å². The van der Waals surface area contributed by atoms with Gasteiger partial charge in [-0.2, -0.15) is 0 Å². The molecular formula is C17H19IN2O3S. The zero-order valence-electron chi connectivity index (χ0n) is 13.4. The Morgan fingerprint density at radius 1 is 1.17 bits per heavy atom. The molecule has 0 aromatic heterocycles. The molecule has 1 unspecified atom stereocenters. The lowest BCUT2D eigenvalue weighted by molar-refractivity contribution is 0.102. The fourth-order valence-corrected chi connectivity index (χ4v) is 3.84. The van der Waals surface area contributed by atoms with E-state index in [0.717, 1.165) is 3.57 Å². The van der Waals surface area contributed by atoms with Gasteiger partial charge >= 0.3 is 0 Å². The molecule has 0 saturated heterocycles. The van der Waals surface area contributed by atoms with Crippen LogP contribution in [-0.4, -0.2) is 20.4 Å². The first-order valence-electron chi connectivity index (χ1n) is 7.51. The maximum atomic E-state index is 12.2. The maximum absolute atomic E-state index is 12.2. The quantitative estimate of drug-likeness (QED) is 0.650. The van der Waals surface area contributed by atoms with Gasteiger partial charge < -0.3 is 5.32 Å². The molecule has 0 bridgehead atoms. The molecule has 1 amide bonds. The Morgan fingerprint density at radius 2 is 1.83 bits per heavy atom. The number of hydrogen-bond acceptors (Lipinski definition) is 3. The second-order valence-corrected chi connectivity index (χ2v) is 8.38. The highest BCUT2D eigenvalue weighted by atomic mass is 127. The third kappa shape index (κ3) is 5.02. The smallest absolute Gasteiger partial charge is 0.255 e. The van der Waals surface area contributed by atoms with Crippen LogP contribution in [0.25, 0.3) is 0 Å². The van der Waals surface area contributed by atoms with E-state index in [1.165, 1.54) is 24.3 Å². The van der Waals surface area contributed by atoms with Gasteiger partial charge in [0.25, 0.3) is 5.91 Å². The third-order valence-electron chi connectivity index (χ3n) is 3.48. The molecule has 1 atom stereocenters. The number of anilines is 1. The van der Waals surface area contributed by atoms with Crippen LogP contribution in [0.15, 0.2) is 53.4 Å². The van der Waals surface area contributed by atoms with Crippen molar-refractivity contribution in [2.24, 2.45) is 0 Å². The Kier molecular flexibility index (Phi) is 6.36. The van der Waals surface area contributed by atoms with Crippen LogP contribution in [0.1, 0.15) is 30.6 Å². The van der Waals surface area contributed by atoms with Crippen molar-refractivity contribution in [3.8, 4) is 0 Å². The molecular weight excluding hydrogens is 439 g/mol. The maximum Gasteiger partial charge on any atom is 0.255 e. The average molecular weight is 458 g/mol. The second kappa shape index (κ2) is 8.09. The highest BCUT2D eigenvalue weighted by Gasteiger charge is 2.17. The number of sulfonamides is 1. The standard InChI is InChI=1S/C17H19IN2O3S/c1-3-12(2)20-24(22,23)16-9-7-13(8-10-16)17(21)19-15-6-4-5-14(18)11-15/h4-12,20H,3H2,1-2H3,(H,19,21). The van der Waals surface area contributed by atoms with E-state index in [1.807, 2.05) is 25.1 Å². The van der Waals surface area contributed by atoms with Gasteiger partial charge in [-0.25, -0.2) is 13.1 Å². The lowest BCUT2D eigenvalue weighted by Crippen LogP contribution is -2.32. The molecule has 2 aromatic rings. The van der Waals surface area contributed by atoms with Crippen LogP contribution < -0.4 is 10.0 Å². The lowest BCUT2D eigenvalue weighted by Gasteiger charge is -2.12. The van der Waals surface area contributed by atoms with E-state index in [9.17, 15) is 13.2 Å². The van der Waals surface area contributed by atoms with Crippen molar-refractivity contribution in [1.29, 1.82) is 0 Å². The SMILES string of the molecule is CCC(C)NS(=O)(=O)c1ccc(C(=O)Nc2cccc(I)c2)cc1. The molecule has 0 saturated carbocycles. The van der Waals surface area contributed by atoms with E-state index < -0.39 is 10.0 Å². The molecule has 24 heavy (non-hydrogen) atoms. The number of amides is 1. The number of halogens is 1. The van der Waals surface area contributed by atoms with Crippen molar-refractivity contribution in [2.45, 2.75) is 31.2 Å². The van der Waals surface area contributed by atoms with E-state index in [0.29, 0.717) is 17.7 Å². The molecule has 5 nitrogen and oxygen atoms in total. The Balaban J connectivity index is 2.12. The van der Waals surface area contributed by atoms with Gasteiger partial charge in [-0.3, -0.25) is 4.79 Å². The molecule has 2 N–H and O–H groups in total. The van der Waals surface area contributed by atoms with Crippen LogP contribution in [0, 0.1) is 3.57 Å². The molecule has 128 valence electrons. The molecule has 0 aliphatic carbocycles. The largest absolute Gasteiger partial charge is 0.322 e. The van der Waals surface area contributed by atoms with Crippen LogP contribution in [0.5, 0.6) is 0 Å². The zero-order chi connectivity index (χ0) is 17.7. The summed E-state index contributed by atoms with van der Waals surface area (Å²) in [5, 5.41) is 2.79. The highest BCUT2D eigenvalue weighted by molar-refractivity contribution is 14.1. The third-order valence-corrected chi connectivity index (χ3v) is 5.75. The summed E-state index contributed by atoms with van der Waals surface area (Å²) in [5.74, 6) is -0.282. The Morgan fingerprint density at radius 3 is 2.42 bits per heavy atom. The molecule has 2 aromatic carbocycles. The first kappa shape index (κ1) is 18.9. The summed E-state index contributed by atoms with van der Waals surface area (Å²) in [5.41, 5.74) is 1.10. The summed E-state index contributed by atoms with van der Waals surface area (Å²) in [4.78, 5) is 12.4. The van der Waals surface area contributed by atoms with Crippen LogP contribution in [0.2, 0.25) is 0 Å². The minimum atomic E-state index is -3.56. The van der Waals surface area contributed by atoms with Crippen molar-refractivity contribution in [3.63, 3.8) is 0 Å². The van der Waals surface area contributed by atoms with E-state index in [2.05, 4.69) is 32.6 Å². The monoisotopic (exact) mass is 458 g/mol. The summed E-state index contributed by atoms with van der Waals surface area (Å²) in [6, 6.07) is 13.2. The minimum Gasteiger partial charge on any atom is -0.322 e. The fourth-order valence-electron chi connectivity index (χ4n) is 1.97. The predicted octanol–water partition coefficient (Wildman–Crippen LogP) is 3.62. The van der Waals surface area contributed by atoms with Gasteiger partial charge in [-0.15, -0.1) is 0 Å². The summed E-state index contributed by atoms with van der Waals surface area (Å²) < 4.78 is 28.0. The Hall–Kier alpha value is -1.45. The van der Waals surface area contributed by atoms with Gasteiger partial charge in [0.1, 0.15) is 0 Å². The second-order valence-electron chi connectivity index (χ2n) is 5.42. The van der Waals surface area contributed by atoms with E-state index in [-0.39, 0.29) is 16.8 Å². The lowest BCUT2D eigenvalue weighted by atomic mass is 10.2. The van der Waals surface area contributed by atoms with Crippen LogP contribution in [-0.2, 0) is 10.0 Å². The number of rotatable bonds is 6. The van der Waals surface area contributed by atoms with Crippen LogP contribution >= 0.6 is 22.6 Å². The van der Waals surface area contributed by atoms with Crippen LogP contribution in [0.4, 0.5) is 5.69 Å².